The summed E-state index contributed by atoms with van der Waals surface area (Å²) in [6, 6.07) is 4.22. The third kappa shape index (κ3) is 3.24. The second-order valence-electron chi connectivity index (χ2n) is 4.93. The van der Waals surface area contributed by atoms with E-state index in [-0.39, 0.29) is 11.7 Å². The molecule has 0 saturated carbocycles. The predicted molar refractivity (Wildman–Crippen MR) is 73.7 cm³/mol. The van der Waals surface area contributed by atoms with Gasteiger partial charge in [-0.15, -0.1) is 0 Å². The monoisotopic (exact) mass is 279 g/mol. The van der Waals surface area contributed by atoms with Crippen LogP contribution in [0.25, 0.3) is 0 Å². The van der Waals surface area contributed by atoms with Crippen molar-refractivity contribution in [2.24, 2.45) is 0 Å². The zero-order chi connectivity index (χ0) is 14.7. The first-order chi connectivity index (χ1) is 9.47. The van der Waals surface area contributed by atoms with Crippen molar-refractivity contribution in [2.75, 3.05) is 18.4 Å². The van der Waals surface area contributed by atoms with Gasteiger partial charge in [0.1, 0.15) is 0 Å². The van der Waals surface area contributed by atoms with E-state index in [9.17, 15) is 20.0 Å². The molecule has 1 saturated heterocycles. The van der Waals surface area contributed by atoms with Gasteiger partial charge in [-0.2, -0.15) is 0 Å². The molecule has 1 atom stereocenters. The quantitative estimate of drug-likeness (QED) is 0.638. The van der Waals surface area contributed by atoms with Crippen LogP contribution in [0.4, 0.5) is 16.2 Å². The predicted octanol–water partition coefficient (Wildman–Crippen LogP) is 1.89. The van der Waals surface area contributed by atoms with E-state index in [1.54, 1.807) is 19.1 Å². The summed E-state index contributed by atoms with van der Waals surface area (Å²) < 4.78 is 0. The van der Waals surface area contributed by atoms with Crippen LogP contribution in [-0.2, 0) is 0 Å². The van der Waals surface area contributed by atoms with Gasteiger partial charge < -0.3 is 15.3 Å². The summed E-state index contributed by atoms with van der Waals surface area (Å²) in [5.41, 5.74) is 0.898. The lowest BCUT2D eigenvalue weighted by molar-refractivity contribution is -0.385. The van der Waals surface area contributed by atoms with Crippen molar-refractivity contribution in [3.63, 3.8) is 0 Å². The molecular formula is C13H17N3O4. The lowest BCUT2D eigenvalue weighted by atomic mass is 10.1. The number of aliphatic hydroxyl groups is 1. The number of amides is 2. The molecule has 1 aromatic rings. The summed E-state index contributed by atoms with van der Waals surface area (Å²) in [4.78, 5) is 23.9. The van der Waals surface area contributed by atoms with Gasteiger partial charge in [0.05, 0.1) is 11.0 Å². The average molecular weight is 279 g/mol. The molecule has 1 aliphatic rings. The molecule has 1 fully saturated rings. The van der Waals surface area contributed by atoms with Crippen molar-refractivity contribution in [3.8, 4) is 0 Å². The SMILES string of the molecule is Cc1ccc(NC(=O)N2CCCC(O)C2)cc1[N+](=O)[O-]. The van der Waals surface area contributed by atoms with E-state index >= 15 is 0 Å². The van der Waals surface area contributed by atoms with Crippen LogP contribution in [0.1, 0.15) is 18.4 Å². The van der Waals surface area contributed by atoms with Gasteiger partial charge in [0, 0.05) is 30.4 Å². The van der Waals surface area contributed by atoms with Gasteiger partial charge >= 0.3 is 6.03 Å². The van der Waals surface area contributed by atoms with Crippen LogP contribution in [0.3, 0.4) is 0 Å². The molecule has 1 unspecified atom stereocenters. The summed E-state index contributed by atoms with van der Waals surface area (Å²) in [5.74, 6) is 0. The van der Waals surface area contributed by atoms with Crippen LogP contribution in [0.5, 0.6) is 0 Å². The fraction of sp³-hybridized carbons (Fsp3) is 0.462. The number of aliphatic hydroxyl groups excluding tert-OH is 1. The number of anilines is 1. The molecule has 0 aliphatic carbocycles. The molecule has 2 N–H and O–H groups in total. The number of rotatable bonds is 2. The van der Waals surface area contributed by atoms with Crippen LogP contribution >= 0.6 is 0 Å². The highest BCUT2D eigenvalue weighted by Gasteiger charge is 2.22. The molecule has 2 rings (SSSR count). The molecule has 0 spiro atoms. The van der Waals surface area contributed by atoms with E-state index in [4.69, 9.17) is 0 Å². The first kappa shape index (κ1) is 14.3. The molecule has 1 heterocycles. The van der Waals surface area contributed by atoms with Gasteiger partial charge in [0.25, 0.3) is 5.69 Å². The number of hydrogen-bond donors (Lipinski definition) is 2. The Bertz CT molecular complexity index is 532. The van der Waals surface area contributed by atoms with Crippen molar-refractivity contribution in [2.45, 2.75) is 25.9 Å². The molecule has 0 bridgehead atoms. The highest BCUT2D eigenvalue weighted by molar-refractivity contribution is 5.89. The second-order valence-corrected chi connectivity index (χ2v) is 4.93. The number of likely N-dealkylation sites (tertiary alicyclic amines) is 1. The third-order valence-electron chi connectivity index (χ3n) is 3.34. The number of aryl methyl sites for hydroxylation is 1. The van der Waals surface area contributed by atoms with Gasteiger partial charge in [0.2, 0.25) is 0 Å². The van der Waals surface area contributed by atoms with E-state index in [0.29, 0.717) is 30.8 Å². The summed E-state index contributed by atoms with van der Waals surface area (Å²) >= 11 is 0. The largest absolute Gasteiger partial charge is 0.391 e. The first-order valence-corrected chi connectivity index (χ1v) is 6.46. The fourth-order valence-electron chi connectivity index (χ4n) is 2.23. The van der Waals surface area contributed by atoms with Crippen molar-refractivity contribution >= 4 is 17.4 Å². The summed E-state index contributed by atoms with van der Waals surface area (Å²) in [6.07, 6.45) is 0.949. The number of piperidine rings is 1. The Morgan fingerprint density at radius 1 is 1.55 bits per heavy atom. The van der Waals surface area contributed by atoms with Crippen molar-refractivity contribution in [3.05, 3.63) is 33.9 Å². The van der Waals surface area contributed by atoms with E-state index in [2.05, 4.69) is 5.32 Å². The molecule has 108 valence electrons. The molecular weight excluding hydrogens is 262 g/mol. The van der Waals surface area contributed by atoms with E-state index in [1.165, 1.54) is 11.0 Å². The number of nitro benzene ring substituents is 1. The number of nitro groups is 1. The minimum atomic E-state index is -0.498. The number of nitrogens with zero attached hydrogens (tertiary/aromatic N) is 2. The molecule has 7 heteroatoms. The Hall–Kier alpha value is -2.15. The van der Waals surface area contributed by atoms with Gasteiger partial charge in [-0.3, -0.25) is 10.1 Å². The lowest BCUT2D eigenvalue weighted by Crippen LogP contribution is -2.44. The number of carbonyl (C=O) groups excluding carboxylic acids is 1. The maximum absolute atomic E-state index is 12.0. The number of benzene rings is 1. The highest BCUT2D eigenvalue weighted by Crippen LogP contribution is 2.22. The number of β-amino-alcohol motifs (C(OH)–C–C–N with tert-alkyl or cyclic N) is 1. The Morgan fingerprint density at radius 2 is 2.30 bits per heavy atom. The molecule has 2 amide bonds. The van der Waals surface area contributed by atoms with Crippen LogP contribution in [0, 0.1) is 17.0 Å². The average Bonchev–Trinajstić information content (AvgIpc) is 2.40. The fourth-order valence-corrected chi connectivity index (χ4v) is 2.23. The van der Waals surface area contributed by atoms with E-state index in [0.717, 1.165) is 6.42 Å². The van der Waals surface area contributed by atoms with Gasteiger partial charge in [-0.05, 0) is 25.8 Å². The Kier molecular flexibility index (Phi) is 4.19. The molecule has 7 nitrogen and oxygen atoms in total. The molecule has 1 aromatic carbocycles. The number of nitrogens with one attached hydrogen (secondary N) is 1. The van der Waals surface area contributed by atoms with Crippen molar-refractivity contribution in [1.82, 2.24) is 4.90 Å². The Balaban J connectivity index is 2.07. The number of hydrogen-bond acceptors (Lipinski definition) is 4. The maximum Gasteiger partial charge on any atom is 0.321 e. The second kappa shape index (κ2) is 5.87. The van der Waals surface area contributed by atoms with Crippen LogP contribution in [-0.4, -0.2) is 40.2 Å². The minimum absolute atomic E-state index is 0.0264. The first-order valence-electron chi connectivity index (χ1n) is 6.46. The van der Waals surface area contributed by atoms with E-state index < -0.39 is 11.0 Å². The van der Waals surface area contributed by atoms with Crippen LogP contribution < -0.4 is 5.32 Å². The van der Waals surface area contributed by atoms with Crippen LogP contribution in [0.2, 0.25) is 0 Å². The highest BCUT2D eigenvalue weighted by atomic mass is 16.6. The maximum atomic E-state index is 12.0. The summed E-state index contributed by atoms with van der Waals surface area (Å²) in [7, 11) is 0. The van der Waals surface area contributed by atoms with Crippen molar-refractivity contribution in [1.29, 1.82) is 0 Å². The van der Waals surface area contributed by atoms with Gasteiger partial charge in [-0.25, -0.2) is 4.79 Å². The molecule has 20 heavy (non-hydrogen) atoms. The zero-order valence-electron chi connectivity index (χ0n) is 11.2. The number of urea groups is 1. The Morgan fingerprint density at radius 3 is 2.95 bits per heavy atom. The third-order valence-corrected chi connectivity index (χ3v) is 3.34. The summed E-state index contributed by atoms with van der Waals surface area (Å²) in [6.45, 7) is 2.52. The Labute approximate surface area is 116 Å². The van der Waals surface area contributed by atoms with E-state index in [1.807, 2.05) is 0 Å². The van der Waals surface area contributed by atoms with Gasteiger partial charge in [-0.1, -0.05) is 6.07 Å². The topological polar surface area (TPSA) is 95.7 Å². The lowest BCUT2D eigenvalue weighted by Gasteiger charge is -2.30. The molecule has 1 aliphatic heterocycles. The standard InChI is InChI=1S/C13H17N3O4/c1-9-4-5-10(7-12(9)16(19)20)14-13(18)15-6-2-3-11(17)8-15/h4-5,7,11,17H,2-3,6,8H2,1H3,(H,14,18). The molecule has 0 radical (unpaired) electrons. The van der Waals surface area contributed by atoms with Crippen molar-refractivity contribution < 1.29 is 14.8 Å². The molecule has 0 aromatic heterocycles. The summed E-state index contributed by atoms with van der Waals surface area (Å²) in [5, 5.41) is 23.0. The van der Waals surface area contributed by atoms with Crippen LogP contribution in [0.15, 0.2) is 18.2 Å². The number of carbonyl (C=O) groups is 1. The minimum Gasteiger partial charge on any atom is -0.391 e. The smallest absolute Gasteiger partial charge is 0.321 e. The zero-order valence-corrected chi connectivity index (χ0v) is 11.2. The normalized spacial score (nSPS) is 18.7. The van der Waals surface area contributed by atoms with Gasteiger partial charge in [0.15, 0.2) is 0 Å².